The lowest BCUT2D eigenvalue weighted by Gasteiger charge is -2.34. The number of Topliss-reactive ketones (excluding diaryl/α,β-unsaturated/α-hetero) is 1. The van der Waals surface area contributed by atoms with Crippen molar-refractivity contribution in [3.63, 3.8) is 0 Å². The Balaban J connectivity index is 2.06. The number of hydrogen-bond donors (Lipinski definition) is 1. The van der Waals surface area contributed by atoms with E-state index in [9.17, 15) is 9.59 Å². The number of carboxylic acids is 1. The van der Waals surface area contributed by atoms with Gasteiger partial charge in [-0.25, -0.2) is 0 Å². The Morgan fingerprint density at radius 3 is 2.55 bits per heavy atom. The lowest BCUT2D eigenvalue weighted by molar-refractivity contribution is -0.143. The Morgan fingerprint density at radius 2 is 1.95 bits per heavy atom. The summed E-state index contributed by atoms with van der Waals surface area (Å²) in [5, 5.41) is 9.11. The highest BCUT2D eigenvalue weighted by molar-refractivity contribution is 5.99. The van der Waals surface area contributed by atoms with E-state index >= 15 is 0 Å². The van der Waals surface area contributed by atoms with Crippen molar-refractivity contribution in [3.05, 3.63) is 35.4 Å². The van der Waals surface area contributed by atoms with E-state index in [1.54, 1.807) is 0 Å². The summed E-state index contributed by atoms with van der Waals surface area (Å²) in [5.41, 5.74) is 1.82. The van der Waals surface area contributed by atoms with Crippen LogP contribution in [0, 0.1) is 12.8 Å². The van der Waals surface area contributed by atoms with Gasteiger partial charge in [-0.2, -0.15) is 0 Å². The third kappa shape index (κ3) is 3.25. The number of aliphatic carboxylic acids is 1. The molecule has 0 aliphatic carbocycles. The van der Waals surface area contributed by atoms with Crippen molar-refractivity contribution in [1.82, 2.24) is 4.90 Å². The molecule has 2 unspecified atom stereocenters. The fraction of sp³-hybridized carbons (Fsp3) is 0.500. The first kappa shape index (κ1) is 14.7. The highest BCUT2D eigenvalue weighted by Crippen LogP contribution is 2.20. The molecule has 1 aliphatic rings. The van der Waals surface area contributed by atoms with E-state index in [1.807, 2.05) is 43.0 Å². The monoisotopic (exact) mass is 275 g/mol. The van der Waals surface area contributed by atoms with Gasteiger partial charge in [0, 0.05) is 12.1 Å². The highest BCUT2D eigenvalue weighted by Gasteiger charge is 2.30. The second kappa shape index (κ2) is 6.18. The first-order chi connectivity index (χ1) is 9.49. The molecule has 4 heteroatoms. The summed E-state index contributed by atoms with van der Waals surface area (Å²) in [7, 11) is 0. The number of piperidine rings is 1. The lowest BCUT2D eigenvalue weighted by Crippen LogP contribution is -2.46. The van der Waals surface area contributed by atoms with Gasteiger partial charge in [-0.1, -0.05) is 29.8 Å². The zero-order valence-electron chi connectivity index (χ0n) is 12.0. The molecule has 20 heavy (non-hydrogen) atoms. The number of aryl methyl sites for hydroxylation is 1. The van der Waals surface area contributed by atoms with Gasteiger partial charge in [-0.3, -0.25) is 14.5 Å². The van der Waals surface area contributed by atoms with Crippen LogP contribution in [0.4, 0.5) is 0 Å². The lowest BCUT2D eigenvalue weighted by atomic mass is 9.95. The van der Waals surface area contributed by atoms with Crippen molar-refractivity contribution < 1.29 is 14.7 Å². The predicted octanol–water partition coefficient (Wildman–Crippen LogP) is 2.36. The molecule has 0 saturated carbocycles. The molecule has 2 atom stereocenters. The number of carbonyl (C=O) groups is 2. The summed E-state index contributed by atoms with van der Waals surface area (Å²) in [4.78, 5) is 25.5. The third-order valence-corrected chi connectivity index (χ3v) is 4.07. The summed E-state index contributed by atoms with van der Waals surface area (Å²) in [6.45, 7) is 5.11. The molecule has 1 saturated heterocycles. The molecule has 4 nitrogen and oxygen atoms in total. The number of rotatable bonds is 4. The van der Waals surface area contributed by atoms with Crippen LogP contribution in [0.2, 0.25) is 0 Å². The third-order valence-electron chi connectivity index (χ3n) is 4.07. The number of hydrogen-bond acceptors (Lipinski definition) is 3. The first-order valence-corrected chi connectivity index (χ1v) is 7.07. The second-order valence-electron chi connectivity index (χ2n) is 5.58. The number of nitrogens with zero attached hydrogens (tertiary/aromatic N) is 1. The molecule has 1 N–H and O–H groups in total. The highest BCUT2D eigenvalue weighted by atomic mass is 16.4. The quantitative estimate of drug-likeness (QED) is 0.857. The molecular weight excluding hydrogens is 254 g/mol. The van der Waals surface area contributed by atoms with Crippen molar-refractivity contribution in [3.8, 4) is 0 Å². The van der Waals surface area contributed by atoms with Gasteiger partial charge in [0.15, 0.2) is 5.78 Å². The Labute approximate surface area is 119 Å². The average Bonchev–Trinajstić information content (AvgIpc) is 2.46. The van der Waals surface area contributed by atoms with E-state index in [1.165, 1.54) is 0 Å². The van der Waals surface area contributed by atoms with Gasteiger partial charge in [0.2, 0.25) is 0 Å². The largest absolute Gasteiger partial charge is 0.481 e. The zero-order chi connectivity index (χ0) is 14.7. The van der Waals surface area contributed by atoms with Crippen LogP contribution in [0.15, 0.2) is 24.3 Å². The minimum atomic E-state index is -0.760. The minimum Gasteiger partial charge on any atom is -0.481 e. The van der Waals surface area contributed by atoms with Gasteiger partial charge >= 0.3 is 5.97 Å². The summed E-state index contributed by atoms with van der Waals surface area (Å²) >= 11 is 0. The summed E-state index contributed by atoms with van der Waals surface area (Å²) in [5.74, 6) is -1.04. The molecule has 0 radical (unpaired) electrons. The van der Waals surface area contributed by atoms with Crippen molar-refractivity contribution in [2.45, 2.75) is 32.7 Å². The molecule has 1 fully saturated rings. The number of carbonyl (C=O) groups excluding carboxylic acids is 1. The van der Waals surface area contributed by atoms with Crippen LogP contribution in [0.3, 0.4) is 0 Å². The molecule has 0 spiro atoms. The maximum absolute atomic E-state index is 12.4. The van der Waals surface area contributed by atoms with Crippen LogP contribution in [0.1, 0.15) is 35.7 Å². The summed E-state index contributed by atoms with van der Waals surface area (Å²) < 4.78 is 0. The van der Waals surface area contributed by atoms with Crippen molar-refractivity contribution in [1.29, 1.82) is 0 Å². The first-order valence-electron chi connectivity index (χ1n) is 7.07. The van der Waals surface area contributed by atoms with E-state index in [0.717, 1.165) is 18.5 Å². The summed E-state index contributed by atoms with van der Waals surface area (Å²) in [6, 6.07) is 7.27. The topological polar surface area (TPSA) is 57.6 Å². The second-order valence-corrected chi connectivity index (χ2v) is 5.58. The van der Waals surface area contributed by atoms with Gasteiger partial charge in [-0.15, -0.1) is 0 Å². The predicted molar refractivity (Wildman–Crippen MR) is 76.9 cm³/mol. The number of benzene rings is 1. The standard InChI is InChI=1S/C16H21NO3/c1-11-5-7-13(8-6-11)15(18)12(2)17-9-3-4-14(10-17)16(19)20/h5-8,12,14H,3-4,9-10H2,1-2H3,(H,19,20). The van der Waals surface area contributed by atoms with Crippen molar-refractivity contribution in [2.75, 3.05) is 13.1 Å². The van der Waals surface area contributed by atoms with E-state index in [4.69, 9.17) is 5.11 Å². The van der Waals surface area contributed by atoms with E-state index in [-0.39, 0.29) is 17.7 Å². The molecule has 0 amide bonds. The molecule has 2 rings (SSSR count). The minimum absolute atomic E-state index is 0.0658. The zero-order valence-corrected chi connectivity index (χ0v) is 12.0. The fourth-order valence-corrected chi connectivity index (χ4v) is 2.68. The van der Waals surface area contributed by atoms with E-state index < -0.39 is 5.97 Å². The normalized spacial score (nSPS) is 21.4. The van der Waals surface area contributed by atoms with Gasteiger partial charge < -0.3 is 5.11 Å². The van der Waals surface area contributed by atoms with Crippen LogP contribution in [-0.4, -0.2) is 40.9 Å². The maximum atomic E-state index is 12.4. The van der Waals surface area contributed by atoms with Crippen LogP contribution in [0.25, 0.3) is 0 Å². The van der Waals surface area contributed by atoms with Gasteiger partial charge in [0.1, 0.15) is 0 Å². The Bertz CT molecular complexity index is 495. The summed E-state index contributed by atoms with van der Waals surface area (Å²) in [6.07, 6.45) is 1.54. The SMILES string of the molecule is Cc1ccc(C(=O)C(C)N2CCCC(C(=O)O)C2)cc1. The number of ketones is 1. The van der Waals surface area contributed by atoms with Crippen LogP contribution >= 0.6 is 0 Å². The van der Waals surface area contributed by atoms with Gasteiger partial charge in [0.05, 0.1) is 12.0 Å². The smallest absolute Gasteiger partial charge is 0.307 e. The molecule has 0 aromatic heterocycles. The molecule has 1 aliphatic heterocycles. The Morgan fingerprint density at radius 1 is 1.30 bits per heavy atom. The Hall–Kier alpha value is -1.68. The molecule has 0 bridgehead atoms. The van der Waals surface area contributed by atoms with Crippen LogP contribution in [0.5, 0.6) is 0 Å². The Kier molecular flexibility index (Phi) is 4.55. The van der Waals surface area contributed by atoms with Crippen LogP contribution < -0.4 is 0 Å². The van der Waals surface area contributed by atoms with Crippen molar-refractivity contribution in [2.24, 2.45) is 5.92 Å². The van der Waals surface area contributed by atoms with E-state index in [2.05, 4.69) is 0 Å². The number of likely N-dealkylation sites (tertiary alicyclic amines) is 1. The molecule has 1 aromatic carbocycles. The number of carboxylic acid groups (broad SMARTS) is 1. The molecule has 1 heterocycles. The molecule has 108 valence electrons. The average molecular weight is 275 g/mol. The van der Waals surface area contributed by atoms with E-state index in [0.29, 0.717) is 18.5 Å². The molecular formula is C16H21NO3. The maximum Gasteiger partial charge on any atom is 0.307 e. The van der Waals surface area contributed by atoms with Gasteiger partial charge in [-0.05, 0) is 33.2 Å². The van der Waals surface area contributed by atoms with Gasteiger partial charge in [0.25, 0.3) is 0 Å². The fourth-order valence-electron chi connectivity index (χ4n) is 2.68. The molecule has 1 aromatic rings. The van der Waals surface area contributed by atoms with Crippen molar-refractivity contribution >= 4 is 11.8 Å². The van der Waals surface area contributed by atoms with Crippen LogP contribution in [-0.2, 0) is 4.79 Å².